The highest BCUT2D eigenvalue weighted by Gasteiger charge is 2.41. The van der Waals surface area contributed by atoms with Crippen LogP contribution >= 0.6 is 0 Å². The molecule has 3 atom stereocenters. The molecule has 1 saturated heterocycles. The van der Waals surface area contributed by atoms with E-state index >= 15 is 0 Å². The number of benzene rings is 1. The van der Waals surface area contributed by atoms with Gasteiger partial charge in [-0.2, -0.15) is 0 Å². The van der Waals surface area contributed by atoms with Gasteiger partial charge in [0.2, 0.25) is 5.91 Å². The van der Waals surface area contributed by atoms with Crippen molar-refractivity contribution in [3.05, 3.63) is 35.4 Å². The maximum atomic E-state index is 12.3. The van der Waals surface area contributed by atoms with E-state index in [1.54, 1.807) is 0 Å². The summed E-state index contributed by atoms with van der Waals surface area (Å²) in [6.45, 7) is 2.76. The maximum absolute atomic E-state index is 12.3. The highest BCUT2D eigenvalue weighted by Crippen LogP contribution is 2.38. The predicted molar refractivity (Wildman–Crippen MR) is 77.1 cm³/mol. The largest absolute Gasteiger partial charge is 0.376 e. The molecule has 1 aromatic rings. The van der Waals surface area contributed by atoms with Crippen LogP contribution in [-0.2, 0) is 9.53 Å². The van der Waals surface area contributed by atoms with E-state index < -0.39 is 6.04 Å². The summed E-state index contributed by atoms with van der Waals surface area (Å²) in [5.41, 5.74) is 8.07. The number of ether oxygens (including phenoxy) is 1. The van der Waals surface area contributed by atoms with Crippen molar-refractivity contribution < 1.29 is 9.53 Å². The van der Waals surface area contributed by atoms with E-state index in [9.17, 15) is 4.79 Å². The van der Waals surface area contributed by atoms with Gasteiger partial charge in [-0.15, -0.1) is 0 Å². The van der Waals surface area contributed by atoms with Gasteiger partial charge in [0.05, 0.1) is 12.1 Å². The number of nitrogens with two attached hydrogens (primary N) is 1. The number of aryl methyl sites for hydroxylation is 1. The molecule has 1 heterocycles. The van der Waals surface area contributed by atoms with Crippen molar-refractivity contribution in [1.82, 2.24) is 5.32 Å². The minimum absolute atomic E-state index is 0.102. The molecular weight excluding hydrogens is 252 g/mol. The van der Waals surface area contributed by atoms with Crippen LogP contribution in [-0.4, -0.2) is 24.7 Å². The van der Waals surface area contributed by atoms with Gasteiger partial charge in [-0.3, -0.25) is 4.79 Å². The Morgan fingerprint density at radius 3 is 2.65 bits per heavy atom. The van der Waals surface area contributed by atoms with E-state index in [-0.39, 0.29) is 18.1 Å². The van der Waals surface area contributed by atoms with Crippen LogP contribution in [0.3, 0.4) is 0 Å². The standard InChI is InChI=1S/C16H22N2O2/c1-10-2-4-11(5-3-10)14(17)16(19)18-13-8-9-20-15(13)12-6-7-12/h2-5,12-15H,6-9,17H2,1H3,(H,18,19). The molecule has 0 radical (unpaired) electrons. The molecule has 0 spiro atoms. The third-order valence-corrected chi connectivity index (χ3v) is 4.27. The van der Waals surface area contributed by atoms with E-state index in [0.29, 0.717) is 5.92 Å². The summed E-state index contributed by atoms with van der Waals surface area (Å²) >= 11 is 0. The van der Waals surface area contributed by atoms with Gasteiger partial charge < -0.3 is 15.8 Å². The van der Waals surface area contributed by atoms with Gasteiger partial charge in [-0.05, 0) is 37.7 Å². The lowest BCUT2D eigenvalue weighted by Gasteiger charge is -2.21. The third-order valence-electron chi connectivity index (χ3n) is 4.27. The second-order valence-electron chi connectivity index (χ2n) is 5.96. The molecule has 0 aromatic heterocycles. The predicted octanol–water partition coefficient (Wildman–Crippen LogP) is 1.68. The SMILES string of the molecule is Cc1ccc(C(N)C(=O)NC2CCOC2C2CC2)cc1. The maximum Gasteiger partial charge on any atom is 0.241 e. The van der Waals surface area contributed by atoms with Crippen molar-refractivity contribution in [2.45, 2.75) is 44.4 Å². The first kappa shape index (κ1) is 13.6. The quantitative estimate of drug-likeness (QED) is 0.878. The molecule has 2 aliphatic rings. The zero-order valence-electron chi connectivity index (χ0n) is 11.8. The van der Waals surface area contributed by atoms with Crippen molar-refractivity contribution in [2.75, 3.05) is 6.61 Å². The Bertz CT molecular complexity index is 482. The van der Waals surface area contributed by atoms with Crippen molar-refractivity contribution >= 4 is 5.91 Å². The van der Waals surface area contributed by atoms with Gasteiger partial charge >= 0.3 is 0 Å². The smallest absolute Gasteiger partial charge is 0.241 e. The molecule has 3 rings (SSSR count). The zero-order valence-corrected chi connectivity index (χ0v) is 11.8. The van der Waals surface area contributed by atoms with Crippen LogP contribution in [0.15, 0.2) is 24.3 Å². The van der Waals surface area contributed by atoms with Crippen LogP contribution in [0, 0.1) is 12.8 Å². The number of carbonyl (C=O) groups is 1. The first-order chi connectivity index (χ1) is 9.65. The van der Waals surface area contributed by atoms with E-state index in [0.717, 1.165) is 18.6 Å². The lowest BCUT2D eigenvalue weighted by atomic mass is 10.0. The molecule has 1 aliphatic carbocycles. The van der Waals surface area contributed by atoms with Crippen LogP contribution in [0.25, 0.3) is 0 Å². The molecule has 20 heavy (non-hydrogen) atoms. The fourth-order valence-corrected chi connectivity index (χ4v) is 2.85. The molecule has 2 fully saturated rings. The molecular formula is C16H22N2O2. The zero-order chi connectivity index (χ0) is 14.1. The average Bonchev–Trinajstić information content (AvgIpc) is 3.19. The second kappa shape index (κ2) is 5.54. The Morgan fingerprint density at radius 1 is 1.30 bits per heavy atom. The van der Waals surface area contributed by atoms with Crippen LogP contribution in [0.2, 0.25) is 0 Å². The normalized spacial score (nSPS) is 27.3. The molecule has 3 N–H and O–H groups in total. The molecule has 4 heteroatoms. The van der Waals surface area contributed by atoms with Crippen molar-refractivity contribution in [3.8, 4) is 0 Å². The number of hydrogen-bond donors (Lipinski definition) is 2. The molecule has 1 aliphatic heterocycles. The minimum atomic E-state index is -0.601. The van der Waals surface area contributed by atoms with E-state index in [1.807, 2.05) is 31.2 Å². The van der Waals surface area contributed by atoms with E-state index in [4.69, 9.17) is 10.5 Å². The van der Waals surface area contributed by atoms with Gasteiger partial charge in [0.15, 0.2) is 0 Å². The number of rotatable bonds is 4. The highest BCUT2D eigenvalue weighted by molar-refractivity contribution is 5.83. The number of hydrogen-bond acceptors (Lipinski definition) is 3. The summed E-state index contributed by atoms with van der Waals surface area (Å²) in [4.78, 5) is 12.3. The van der Waals surface area contributed by atoms with Crippen LogP contribution in [0.4, 0.5) is 0 Å². The second-order valence-corrected chi connectivity index (χ2v) is 5.96. The lowest BCUT2D eigenvalue weighted by Crippen LogP contribution is -2.45. The number of carbonyl (C=O) groups excluding carboxylic acids is 1. The summed E-state index contributed by atoms with van der Waals surface area (Å²) in [7, 11) is 0. The Kier molecular flexibility index (Phi) is 3.76. The lowest BCUT2D eigenvalue weighted by molar-refractivity contribution is -0.123. The van der Waals surface area contributed by atoms with Gasteiger partial charge in [0.1, 0.15) is 6.04 Å². The van der Waals surface area contributed by atoms with Crippen LogP contribution in [0.1, 0.15) is 36.4 Å². The fraction of sp³-hybridized carbons (Fsp3) is 0.562. The van der Waals surface area contributed by atoms with Crippen molar-refractivity contribution in [1.29, 1.82) is 0 Å². The first-order valence-electron chi connectivity index (χ1n) is 7.39. The van der Waals surface area contributed by atoms with Gasteiger partial charge in [0.25, 0.3) is 0 Å². The van der Waals surface area contributed by atoms with Gasteiger partial charge in [-0.25, -0.2) is 0 Å². The van der Waals surface area contributed by atoms with Crippen molar-refractivity contribution in [3.63, 3.8) is 0 Å². The summed E-state index contributed by atoms with van der Waals surface area (Å²) < 4.78 is 5.74. The molecule has 1 amide bonds. The summed E-state index contributed by atoms with van der Waals surface area (Å²) in [6, 6.07) is 7.33. The monoisotopic (exact) mass is 274 g/mol. The molecule has 0 bridgehead atoms. The first-order valence-corrected chi connectivity index (χ1v) is 7.39. The van der Waals surface area contributed by atoms with Crippen LogP contribution < -0.4 is 11.1 Å². The van der Waals surface area contributed by atoms with Gasteiger partial charge in [-0.1, -0.05) is 29.8 Å². The molecule has 108 valence electrons. The third kappa shape index (κ3) is 2.86. The highest BCUT2D eigenvalue weighted by atomic mass is 16.5. The van der Waals surface area contributed by atoms with Crippen molar-refractivity contribution in [2.24, 2.45) is 11.7 Å². The minimum Gasteiger partial charge on any atom is -0.376 e. The topological polar surface area (TPSA) is 64.4 Å². The summed E-state index contributed by atoms with van der Waals surface area (Å²) in [5.74, 6) is 0.536. The molecule has 1 aromatic carbocycles. The average molecular weight is 274 g/mol. The Hall–Kier alpha value is -1.39. The molecule has 3 unspecified atom stereocenters. The van der Waals surface area contributed by atoms with E-state index in [2.05, 4.69) is 5.32 Å². The Labute approximate surface area is 119 Å². The summed E-state index contributed by atoms with van der Waals surface area (Å²) in [5, 5.41) is 3.07. The van der Waals surface area contributed by atoms with Gasteiger partial charge in [0, 0.05) is 6.61 Å². The number of nitrogens with one attached hydrogen (secondary N) is 1. The summed E-state index contributed by atoms with van der Waals surface area (Å²) in [6.07, 6.45) is 3.54. The Morgan fingerprint density at radius 2 is 2.00 bits per heavy atom. The Balaban J connectivity index is 1.62. The molecule has 1 saturated carbocycles. The van der Waals surface area contributed by atoms with Crippen LogP contribution in [0.5, 0.6) is 0 Å². The van der Waals surface area contributed by atoms with E-state index in [1.165, 1.54) is 18.4 Å². The molecule has 4 nitrogen and oxygen atoms in total. The fourth-order valence-electron chi connectivity index (χ4n) is 2.85. The number of amides is 1.